The first kappa shape index (κ1) is 10.0. The standard InChI is InChI=1S/C22H35ClN4O/c1-17-5-4-6-20(21(17)23)27-15-13-26(14-16-27)12-11-18-7-9-19(10-8-18)24-22(28)25(2)3/h4-6,18-19H,7-16H2,1-3H3,(H,24,28)/i2D3,11D2,13D2,14D2,15D2,16D2. The number of halogens is 1. The summed E-state index contributed by atoms with van der Waals surface area (Å²) in [5.74, 6) is -0.747. The van der Waals surface area contributed by atoms with Crippen molar-refractivity contribution in [3.8, 4) is 0 Å². The molecule has 0 radical (unpaired) electrons. The highest BCUT2D eigenvalue weighted by Crippen LogP contribution is 2.30. The highest BCUT2D eigenvalue weighted by atomic mass is 35.5. The Kier molecular flexibility index (Phi) is 3.52. The Bertz CT molecular complexity index is 1110. The molecule has 0 bridgehead atoms. The van der Waals surface area contributed by atoms with Crippen molar-refractivity contribution in [3.63, 3.8) is 0 Å². The number of aryl methyl sites for hydroxylation is 1. The van der Waals surface area contributed by atoms with Gasteiger partial charge in [0.05, 0.1) is 16.2 Å². The van der Waals surface area contributed by atoms with Crippen LogP contribution >= 0.6 is 11.6 Å². The number of rotatable bonds is 5. The normalized spacial score (nSPS) is 38.5. The van der Waals surface area contributed by atoms with Crippen molar-refractivity contribution >= 4 is 23.3 Å². The largest absolute Gasteiger partial charge is 0.368 e. The number of anilines is 1. The monoisotopic (exact) mass is 419 g/mol. The zero-order valence-electron chi connectivity index (χ0n) is 29.1. The van der Waals surface area contributed by atoms with E-state index in [2.05, 4.69) is 5.32 Å². The second-order valence-corrected chi connectivity index (χ2v) is 7.42. The lowest BCUT2D eigenvalue weighted by Gasteiger charge is -2.37. The third kappa shape index (κ3) is 5.54. The van der Waals surface area contributed by atoms with Crippen molar-refractivity contribution in [1.82, 2.24) is 15.1 Å². The van der Waals surface area contributed by atoms with Gasteiger partial charge in [-0.1, -0.05) is 23.7 Å². The lowest BCUT2D eigenvalue weighted by Crippen LogP contribution is -2.47. The molecule has 156 valence electrons. The Hall–Kier alpha value is -1.46. The van der Waals surface area contributed by atoms with Crippen LogP contribution in [-0.2, 0) is 0 Å². The van der Waals surface area contributed by atoms with E-state index in [0.717, 1.165) is 7.05 Å². The molecule has 1 saturated heterocycles. The Morgan fingerprint density at radius 3 is 2.71 bits per heavy atom. The Labute approximate surface area is 193 Å². The quantitative estimate of drug-likeness (QED) is 0.784. The van der Waals surface area contributed by atoms with Crippen molar-refractivity contribution < 1.29 is 22.6 Å². The maximum atomic E-state index is 12.2. The van der Waals surface area contributed by atoms with Gasteiger partial charge in [-0.25, -0.2) is 4.79 Å². The first-order chi connectivity index (χ1) is 18.4. The van der Waals surface area contributed by atoms with Crippen molar-refractivity contribution in [2.75, 3.05) is 51.5 Å². The van der Waals surface area contributed by atoms with E-state index in [1.54, 1.807) is 13.0 Å². The van der Waals surface area contributed by atoms with Crippen LogP contribution in [0.2, 0.25) is 5.02 Å². The van der Waals surface area contributed by atoms with Gasteiger partial charge < -0.3 is 15.1 Å². The SMILES string of the molecule is [2H]C([2H])(CN1C([2H])([2H])C([2H])([2H])N(c2cccc(C)c2Cl)C([2H])([2H])C1([2H])[2H])C1CCC(NC(=O)N(C)C([2H])([2H])[2H])CC1. The molecule has 1 N–H and O–H groups in total. The minimum absolute atomic E-state index is 0.0652. The van der Waals surface area contributed by atoms with Gasteiger partial charge in [-0.3, -0.25) is 4.90 Å². The fourth-order valence-corrected chi connectivity index (χ4v) is 3.42. The highest BCUT2D eigenvalue weighted by Gasteiger charge is 2.24. The number of benzene rings is 1. The van der Waals surface area contributed by atoms with Crippen molar-refractivity contribution in [2.45, 2.75) is 45.0 Å². The summed E-state index contributed by atoms with van der Waals surface area (Å²) in [6.45, 7) is -14.8. The smallest absolute Gasteiger partial charge is 0.317 e. The van der Waals surface area contributed by atoms with E-state index in [0.29, 0.717) is 20.3 Å². The second-order valence-electron chi connectivity index (χ2n) is 7.04. The Morgan fingerprint density at radius 1 is 1.32 bits per heavy atom. The second kappa shape index (κ2) is 9.84. The van der Waals surface area contributed by atoms with E-state index in [1.807, 2.05) is 0 Å². The number of carbonyl (C=O) groups excluding carboxylic acids is 1. The van der Waals surface area contributed by atoms with Crippen LogP contribution in [0.4, 0.5) is 10.5 Å². The van der Waals surface area contributed by atoms with Crippen molar-refractivity contribution in [2.24, 2.45) is 5.92 Å². The number of piperazine rings is 1. The molecule has 28 heavy (non-hydrogen) atoms. The molecule has 3 rings (SSSR count). The topological polar surface area (TPSA) is 38.8 Å². The van der Waals surface area contributed by atoms with Gasteiger partial charge >= 0.3 is 6.03 Å². The van der Waals surface area contributed by atoms with E-state index in [9.17, 15) is 4.79 Å². The average Bonchev–Trinajstić information content (AvgIpc) is 2.83. The lowest BCUT2D eigenvalue weighted by atomic mass is 9.84. The molecule has 1 heterocycles. The summed E-state index contributed by atoms with van der Waals surface area (Å²) in [7, 11) is 1.14. The summed E-state index contributed by atoms with van der Waals surface area (Å²) in [4.78, 5) is 13.5. The fraction of sp³-hybridized carbons (Fsp3) is 0.682. The lowest BCUT2D eigenvalue weighted by molar-refractivity contribution is 0.194. The molecule has 2 fully saturated rings. The molecule has 2 amide bonds. The van der Waals surface area contributed by atoms with Crippen LogP contribution in [0.25, 0.3) is 0 Å². The van der Waals surface area contributed by atoms with Gasteiger partial charge in [0.25, 0.3) is 0 Å². The predicted octanol–water partition coefficient (Wildman–Crippen LogP) is 3.99. The van der Waals surface area contributed by atoms with Gasteiger partial charge in [0.15, 0.2) is 0 Å². The number of nitrogens with one attached hydrogen (secondary N) is 1. The summed E-state index contributed by atoms with van der Waals surface area (Å²) < 4.78 is 109. The maximum Gasteiger partial charge on any atom is 0.317 e. The average molecular weight is 420 g/mol. The number of carbonyl (C=O) groups is 1. The number of nitrogens with zero attached hydrogens (tertiary/aromatic N) is 3. The van der Waals surface area contributed by atoms with E-state index in [-0.39, 0.29) is 36.4 Å². The molecule has 0 atom stereocenters. The van der Waals surface area contributed by atoms with Crippen LogP contribution in [0.3, 0.4) is 0 Å². The molecule has 2 aliphatic rings. The molecular formula is C22H35ClN4O. The first-order valence-electron chi connectivity index (χ1n) is 15.8. The molecule has 5 nitrogen and oxygen atoms in total. The number of urea groups is 1. The maximum absolute atomic E-state index is 12.2. The van der Waals surface area contributed by atoms with Gasteiger partial charge in [-0.15, -0.1) is 0 Å². The molecule has 0 aromatic heterocycles. The van der Waals surface area contributed by atoms with Gasteiger partial charge in [-0.2, -0.15) is 0 Å². The van der Waals surface area contributed by atoms with Crippen molar-refractivity contribution in [1.29, 1.82) is 0 Å². The van der Waals surface area contributed by atoms with E-state index >= 15 is 0 Å². The third-order valence-corrected chi connectivity index (χ3v) is 5.40. The molecule has 1 aliphatic heterocycles. The predicted molar refractivity (Wildman–Crippen MR) is 117 cm³/mol. The van der Waals surface area contributed by atoms with E-state index in [1.165, 1.54) is 12.1 Å². The minimum atomic E-state index is -3.21. The number of amides is 2. The zero-order valence-corrected chi connectivity index (χ0v) is 16.8. The first-order valence-corrected chi connectivity index (χ1v) is 9.66. The third-order valence-electron chi connectivity index (χ3n) is 4.90. The van der Waals surface area contributed by atoms with Gasteiger partial charge in [-0.05, 0) is 63.1 Å². The number of hydrogen-bond acceptors (Lipinski definition) is 3. The van der Waals surface area contributed by atoms with Crippen molar-refractivity contribution in [3.05, 3.63) is 28.8 Å². The molecule has 6 heteroatoms. The van der Waals surface area contributed by atoms with Crippen LogP contribution in [0, 0.1) is 12.8 Å². The van der Waals surface area contributed by atoms with Gasteiger partial charge in [0, 0.05) is 58.4 Å². The summed E-state index contributed by atoms with van der Waals surface area (Å²) in [6, 6.07) is 3.12. The molecule has 0 unspecified atom stereocenters. The molecular weight excluding hydrogens is 372 g/mol. The Balaban J connectivity index is 1.85. The van der Waals surface area contributed by atoms with E-state index < -0.39 is 63.9 Å². The van der Waals surface area contributed by atoms with Gasteiger partial charge in [0.2, 0.25) is 0 Å². The summed E-state index contributed by atoms with van der Waals surface area (Å²) >= 11 is 6.34. The van der Waals surface area contributed by atoms with Crippen LogP contribution in [-0.4, -0.2) is 68.4 Å². The minimum Gasteiger partial charge on any atom is -0.368 e. The molecule has 1 aliphatic carbocycles. The van der Waals surface area contributed by atoms with Crippen LogP contribution < -0.4 is 10.2 Å². The van der Waals surface area contributed by atoms with Gasteiger partial charge in [0.1, 0.15) is 0 Å². The van der Waals surface area contributed by atoms with Crippen LogP contribution in [0.15, 0.2) is 18.2 Å². The molecule has 1 aromatic rings. The Morgan fingerprint density at radius 2 is 2.04 bits per heavy atom. The summed E-state index contributed by atoms with van der Waals surface area (Å²) in [5, 5.41) is 2.55. The fourth-order valence-electron chi connectivity index (χ4n) is 3.21. The summed E-state index contributed by atoms with van der Waals surface area (Å²) in [6.07, 6.45) is -1.32. The van der Waals surface area contributed by atoms with E-state index in [4.69, 9.17) is 29.4 Å². The van der Waals surface area contributed by atoms with Crippen LogP contribution in [0.1, 0.15) is 55.4 Å². The summed E-state index contributed by atoms with van der Waals surface area (Å²) in [5.41, 5.74) is 0.217. The molecule has 1 saturated carbocycles. The highest BCUT2D eigenvalue weighted by molar-refractivity contribution is 6.34. The number of hydrogen-bond donors (Lipinski definition) is 1. The zero-order chi connectivity index (χ0) is 31.6. The molecule has 1 aromatic carbocycles. The van der Waals surface area contributed by atoms with Crippen LogP contribution in [0.5, 0.6) is 0 Å². The molecule has 0 spiro atoms.